The molecule has 2 N–H and O–H groups in total. The topological polar surface area (TPSA) is 108 Å². The molecule has 1 aliphatic rings. The summed E-state index contributed by atoms with van der Waals surface area (Å²) in [6.45, 7) is 2.94. The highest BCUT2D eigenvalue weighted by Gasteiger charge is 2.44. The van der Waals surface area contributed by atoms with Gasteiger partial charge in [0.05, 0.1) is 23.8 Å². The number of carbonyl (C=O) groups excluding carboxylic acids is 1. The second kappa shape index (κ2) is 6.18. The summed E-state index contributed by atoms with van der Waals surface area (Å²) >= 11 is 0. The van der Waals surface area contributed by atoms with Crippen molar-refractivity contribution in [3.63, 3.8) is 0 Å². The number of methoxy groups -OCH3 is 1. The quantitative estimate of drug-likeness (QED) is 0.820. The maximum absolute atomic E-state index is 12.5. The fourth-order valence-corrected chi connectivity index (χ4v) is 3.73. The number of anilines is 1. The third kappa shape index (κ3) is 3.81. The second-order valence-electron chi connectivity index (χ2n) is 5.74. The van der Waals surface area contributed by atoms with Gasteiger partial charge in [-0.2, -0.15) is 9.98 Å². The van der Waals surface area contributed by atoms with Gasteiger partial charge in [0.2, 0.25) is 15.9 Å². The lowest BCUT2D eigenvalue weighted by Gasteiger charge is -2.23. The van der Waals surface area contributed by atoms with Crippen LogP contribution >= 0.6 is 0 Å². The Bertz CT molecular complexity index is 765. The zero-order valence-corrected chi connectivity index (χ0v) is 14.0. The van der Waals surface area contributed by atoms with Crippen LogP contribution in [0.2, 0.25) is 0 Å². The molecule has 1 aromatic rings. The minimum Gasteiger partial charge on any atom is -0.495 e. The second-order valence-corrected chi connectivity index (χ2v) is 7.42. The van der Waals surface area contributed by atoms with Crippen molar-refractivity contribution in [1.82, 2.24) is 4.72 Å². The van der Waals surface area contributed by atoms with Crippen LogP contribution in [0.4, 0.5) is 5.69 Å². The molecule has 0 saturated heterocycles. The van der Waals surface area contributed by atoms with Crippen molar-refractivity contribution in [2.24, 2.45) is 5.92 Å². The van der Waals surface area contributed by atoms with E-state index in [0.717, 1.165) is 12.8 Å². The first kappa shape index (κ1) is 17.2. The fraction of sp³-hybridized carbons (Fsp3) is 0.467. The molecule has 0 spiro atoms. The van der Waals surface area contributed by atoms with Crippen LogP contribution in [0.1, 0.15) is 26.7 Å². The summed E-state index contributed by atoms with van der Waals surface area (Å²) in [4.78, 5) is 11.1. The predicted octanol–water partition coefficient (Wildman–Crippen LogP) is 1.62. The highest BCUT2D eigenvalue weighted by atomic mass is 32.2. The maximum atomic E-state index is 12.5. The number of nitrogens with one attached hydrogen (secondary N) is 2. The van der Waals surface area contributed by atoms with Crippen LogP contribution in [0, 0.1) is 17.2 Å². The van der Waals surface area contributed by atoms with E-state index in [1.165, 1.54) is 32.2 Å². The van der Waals surface area contributed by atoms with E-state index >= 15 is 0 Å². The average molecular weight is 337 g/mol. The highest BCUT2D eigenvalue weighted by Crippen LogP contribution is 2.40. The van der Waals surface area contributed by atoms with Gasteiger partial charge in [-0.1, -0.05) is 0 Å². The molecule has 0 aromatic heterocycles. The Morgan fingerprint density at radius 2 is 2.09 bits per heavy atom. The van der Waals surface area contributed by atoms with Crippen LogP contribution in [0.25, 0.3) is 0 Å². The number of amides is 1. The summed E-state index contributed by atoms with van der Waals surface area (Å²) < 4.78 is 32.7. The van der Waals surface area contributed by atoms with Gasteiger partial charge in [0.1, 0.15) is 11.3 Å². The summed E-state index contributed by atoms with van der Waals surface area (Å²) in [7, 11) is -2.50. The van der Waals surface area contributed by atoms with Crippen LogP contribution in [0.3, 0.4) is 0 Å². The Labute approximate surface area is 135 Å². The number of hydrogen-bond donors (Lipinski definition) is 2. The Morgan fingerprint density at radius 1 is 1.43 bits per heavy atom. The zero-order valence-electron chi connectivity index (χ0n) is 13.2. The molecule has 1 aromatic carbocycles. The third-order valence-electron chi connectivity index (χ3n) is 3.77. The molecule has 0 heterocycles. The minimum absolute atomic E-state index is 0.0226. The van der Waals surface area contributed by atoms with E-state index in [4.69, 9.17) is 4.74 Å². The van der Waals surface area contributed by atoms with Gasteiger partial charge in [-0.15, -0.1) is 0 Å². The molecule has 8 heteroatoms. The van der Waals surface area contributed by atoms with Crippen LogP contribution < -0.4 is 14.8 Å². The van der Waals surface area contributed by atoms with E-state index in [1.807, 2.05) is 0 Å². The van der Waals surface area contributed by atoms with E-state index in [2.05, 4.69) is 16.1 Å². The molecule has 7 nitrogen and oxygen atoms in total. The number of nitrogens with zero attached hydrogens (tertiary/aromatic N) is 1. The van der Waals surface area contributed by atoms with Crippen molar-refractivity contribution in [3.05, 3.63) is 18.2 Å². The van der Waals surface area contributed by atoms with Crippen molar-refractivity contribution in [2.75, 3.05) is 12.4 Å². The largest absolute Gasteiger partial charge is 0.495 e. The molecule has 1 atom stereocenters. The number of benzene rings is 1. The van der Waals surface area contributed by atoms with Gasteiger partial charge in [0, 0.05) is 13.0 Å². The van der Waals surface area contributed by atoms with Crippen LogP contribution in [-0.2, 0) is 14.8 Å². The predicted molar refractivity (Wildman–Crippen MR) is 84.4 cm³/mol. The Kier molecular flexibility index (Phi) is 4.63. The normalized spacial score (nSPS) is 17.0. The van der Waals surface area contributed by atoms with Gasteiger partial charge in [-0.05, 0) is 37.8 Å². The standard InChI is InChI=1S/C15H19N3O4S/c1-10(19)17-13-7-6-12(8-14(13)22-3)23(20,21)18-15(2,9-16)11-4-5-11/h6-8,11,18H,4-5H2,1-3H3,(H,17,19)/t15-/m1/s1. The molecule has 1 saturated carbocycles. The smallest absolute Gasteiger partial charge is 0.242 e. The van der Waals surface area contributed by atoms with Gasteiger partial charge in [-0.25, -0.2) is 8.42 Å². The van der Waals surface area contributed by atoms with Gasteiger partial charge in [0.25, 0.3) is 0 Å². The average Bonchev–Trinajstić information content (AvgIpc) is 3.31. The molecule has 1 fully saturated rings. The Balaban J connectivity index is 2.33. The highest BCUT2D eigenvalue weighted by molar-refractivity contribution is 7.89. The van der Waals surface area contributed by atoms with Crippen molar-refractivity contribution in [3.8, 4) is 11.8 Å². The molecule has 23 heavy (non-hydrogen) atoms. The molecule has 0 bridgehead atoms. The summed E-state index contributed by atoms with van der Waals surface area (Å²) in [5.41, 5.74) is -0.744. The van der Waals surface area contributed by atoms with E-state index in [1.54, 1.807) is 6.92 Å². The van der Waals surface area contributed by atoms with Crippen molar-refractivity contribution < 1.29 is 17.9 Å². The number of carbonyl (C=O) groups is 1. The molecular weight excluding hydrogens is 318 g/mol. The van der Waals surface area contributed by atoms with E-state index < -0.39 is 15.6 Å². The van der Waals surface area contributed by atoms with Gasteiger partial charge in [0.15, 0.2) is 0 Å². The van der Waals surface area contributed by atoms with Gasteiger partial charge in [-0.3, -0.25) is 4.79 Å². The fourth-order valence-electron chi connectivity index (χ4n) is 2.33. The van der Waals surface area contributed by atoms with Crippen LogP contribution in [0.5, 0.6) is 5.75 Å². The molecule has 1 amide bonds. The molecule has 2 rings (SSSR count). The monoisotopic (exact) mass is 337 g/mol. The Morgan fingerprint density at radius 3 is 2.57 bits per heavy atom. The maximum Gasteiger partial charge on any atom is 0.242 e. The van der Waals surface area contributed by atoms with E-state index in [0.29, 0.717) is 5.69 Å². The van der Waals surface area contributed by atoms with Crippen molar-refractivity contribution in [2.45, 2.75) is 37.1 Å². The molecule has 0 unspecified atom stereocenters. The first-order chi connectivity index (χ1) is 10.7. The van der Waals surface area contributed by atoms with Gasteiger partial charge < -0.3 is 10.1 Å². The summed E-state index contributed by atoms with van der Waals surface area (Å²) in [5.74, 6) is -0.0289. The number of ether oxygens (including phenoxy) is 1. The lowest BCUT2D eigenvalue weighted by atomic mass is 10.0. The number of hydrogen-bond acceptors (Lipinski definition) is 5. The summed E-state index contributed by atoms with van der Waals surface area (Å²) in [5, 5.41) is 11.9. The first-order valence-corrected chi connectivity index (χ1v) is 8.61. The third-order valence-corrected chi connectivity index (χ3v) is 5.33. The lowest BCUT2D eigenvalue weighted by molar-refractivity contribution is -0.114. The number of sulfonamides is 1. The zero-order chi connectivity index (χ0) is 17.3. The van der Waals surface area contributed by atoms with Crippen LogP contribution in [0.15, 0.2) is 23.1 Å². The number of rotatable bonds is 6. The number of nitriles is 1. The Hall–Kier alpha value is -2.11. The molecule has 124 valence electrons. The first-order valence-electron chi connectivity index (χ1n) is 7.12. The summed E-state index contributed by atoms with van der Waals surface area (Å²) in [6, 6.07) is 6.19. The van der Waals surface area contributed by atoms with Crippen molar-refractivity contribution in [1.29, 1.82) is 5.26 Å². The van der Waals surface area contributed by atoms with Crippen molar-refractivity contribution >= 4 is 21.6 Å². The molecule has 1 aliphatic carbocycles. The lowest BCUT2D eigenvalue weighted by Crippen LogP contribution is -2.46. The van der Waals surface area contributed by atoms with E-state index in [9.17, 15) is 18.5 Å². The van der Waals surface area contributed by atoms with Gasteiger partial charge >= 0.3 is 0 Å². The molecular formula is C15H19N3O4S. The SMILES string of the molecule is COc1cc(S(=O)(=O)N[C@](C)(C#N)C2CC2)ccc1NC(C)=O. The van der Waals surface area contributed by atoms with E-state index in [-0.39, 0.29) is 22.5 Å². The summed E-state index contributed by atoms with van der Waals surface area (Å²) in [6.07, 6.45) is 1.66. The minimum atomic E-state index is -3.88. The van der Waals surface area contributed by atoms with Crippen LogP contribution in [-0.4, -0.2) is 27.0 Å². The molecule has 0 aliphatic heterocycles. The molecule has 0 radical (unpaired) electrons.